The zero-order chi connectivity index (χ0) is 12.8. The predicted octanol–water partition coefficient (Wildman–Crippen LogP) is 2.57. The van der Waals surface area contributed by atoms with E-state index in [1.54, 1.807) is 7.11 Å². The molecule has 0 saturated heterocycles. The highest BCUT2D eigenvalue weighted by atomic mass is 16.5. The second kappa shape index (κ2) is 6.62. The van der Waals surface area contributed by atoms with Crippen molar-refractivity contribution in [2.75, 3.05) is 25.2 Å². The molecule has 1 rings (SSSR count). The minimum atomic E-state index is 0.0931. The van der Waals surface area contributed by atoms with E-state index in [0.29, 0.717) is 6.04 Å². The molecular formula is C14H24N2O. The summed E-state index contributed by atoms with van der Waals surface area (Å²) in [4.78, 5) is 2.33. The summed E-state index contributed by atoms with van der Waals surface area (Å²) in [5.41, 5.74) is 8.24. The van der Waals surface area contributed by atoms with Crippen LogP contribution >= 0.6 is 0 Å². The number of hydrogen-bond donors (Lipinski definition) is 1. The Bertz CT molecular complexity index is 321. The first-order valence-electron chi connectivity index (χ1n) is 6.21. The number of nitrogens with zero attached hydrogens (tertiary/aromatic N) is 1. The smallest absolute Gasteiger partial charge is 0.0663 e. The van der Waals surface area contributed by atoms with Crippen LogP contribution in [0.25, 0.3) is 0 Å². The van der Waals surface area contributed by atoms with Crippen LogP contribution < -0.4 is 10.6 Å². The van der Waals surface area contributed by atoms with Gasteiger partial charge in [0.1, 0.15) is 0 Å². The number of hydrogen-bond acceptors (Lipinski definition) is 3. The zero-order valence-corrected chi connectivity index (χ0v) is 11.3. The van der Waals surface area contributed by atoms with Crippen molar-refractivity contribution < 1.29 is 4.74 Å². The van der Waals surface area contributed by atoms with Gasteiger partial charge in [-0.2, -0.15) is 0 Å². The third kappa shape index (κ3) is 3.72. The SMILES string of the molecule is CCN(c1ccc([C@H](C)N)cc1)C(C)COC. The van der Waals surface area contributed by atoms with Crippen molar-refractivity contribution in [3.63, 3.8) is 0 Å². The third-order valence-corrected chi connectivity index (χ3v) is 3.03. The molecule has 0 saturated carbocycles. The first-order chi connectivity index (χ1) is 8.10. The van der Waals surface area contributed by atoms with Gasteiger partial charge in [-0.3, -0.25) is 0 Å². The van der Waals surface area contributed by atoms with Gasteiger partial charge in [0.05, 0.1) is 6.61 Å². The summed E-state index contributed by atoms with van der Waals surface area (Å²) in [7, 11) is 1.74. The van der Waals surface area contributed by atoms with Gasteiger partial charge in [-0.25, -0.2) is 0 Å². The van der Waals surface area contributed by atoms with E-state index in [1.807, 2.05) is 6.92 Å². The lowest BCUT2D eigenvalue weighted by Gasteiger charge is -2.30. The second-order valence-electron chi connectivity index (χ2n) is 4.47. The molecule has 0 aliphatic carbocycles. The highest BCUT2D eigenvalue weighted by molar-refractivity contribution is 5.48. The van der Waals surface area contributed by atoms with Crippen LogP contribution in [0.5, 0.6) is 0 Å². The molecule has 2 atom stereocenters. The molecule has 0 aliphatic rings. The van der Waals surface area contributed by atoms with Gasteiger partial charge in [-0.15, -0.1) is 0 Å². The Kier molecular flexibility index (Phi) is 5.45. The first kappa shape index (κ1) is 14.0. The molecule has 3 nitrogen and oxygen atoms in total. The van der Waals surface area contributed by atoms with E-state index < -0.39 is 0 Å². The number of likely N-dealkylation sites (N-methyl/N-ethyl adjacent to an activating group) is 1. The molecule has 3 heteroatoms. The summed E-state index contributed by atoms with van der Waals surface area (Å²) in [6, 6.07) is 8.94. The number of nitrogens with two attached hydrogens (primary N) is 1. The fraction of sp³-hybridized carbons (Fsp3) is 0.571. The van der Waals surface area contributed by atoms with E-state index in [0.717, 1.165) is 13.2 Å². The molecule has 0 spiro atoms. The maximum Gasteiger partial charge on any atom is 0.0663 e. The molecule has 1 unspecified atom stereocenters. The minimum absolute atomic E-state index is 0.0931. The average Bonchev–Trinajstić information content (AvgIpc) is 2.31. The topological polar surface area (TPSA) is 38.5 Å². The third-order valence-electron chi connectivity index (χ3n) is 3.03. The molecular weight excluding hydrogens is 212 g/mol. The van der Waals surface area contributed by atoms with Crippen molar-refractivity contribution in [3.8, 4) is 0 Å². The summed E-state index contributed by atoms with van der Waals surface area (Å²) < 4.78 is 5.21. The molecule has 0 amide bonds. The van der Waals surface area contributed by atoms with E-state index in [2.05, 4.69) is 43.0 Å². The van der Waals surface area contributed by atoms with Crippen molar-refractivity contribution in [1.82, 2.24) is 0 Å². The van der Waals surface area contributed by atoms with Crippen LogP contribution in [0.2, 0.25) is 0 Å². The maximum absolute atomic E-state index is 5.85. The number of ether oxygens (including phenoxy) is 1. The fourth-order valence-corrected chi connectivity index (χ4v) is 2.05. The highest BCUT2D eigenvalue weighted by Crippen LogP contribution is 2.20. The summed E-state index contributed by atoms with van der Waals surface area (Å²) >= 11 is 0. The zero-order valence-electron chi connectivity index (χ0n) is 11.3. The number of rotatable bonds is 6. The van der Waals surface area contributed by atoms with Crippen LogP contribution in [0, 0.1) is 0 Å². The van der Waals surface area contributed by atoms with Crippen molar-refractivity contribution in [3.05, 3.63) is 29.8 Å². The van der Waals surface area contributed by atoms with Crippen LogP contribution in [-0.2, 0) is 4.74 Å². The molecule has 0 heterocycles. The van der Waals surface area contributed by atoms with Crippen molar-refractivity contribution in [2.45, 2.75) is 32.9 Å². The standard InChI is InChI=1S/C14H24N2O/c1-5-16(11(2)10-17-4)14-8-6-13(7-9-14)12(3)15/h6-9,11-12H,5,10,15H2,1-4H3/t11?,12-/m0/s1. The van der Waals surface area contributed by atoms with Crippen LogP contribution in [0.1, 0.15) is 32.4 Å². The van der Waals surface area contributed by atoms with Crippen molar-refractivity contribution in [2.24, 2.45) is 5.73 Å². The quantitative estimate of drug-likeness (QED) is 0.825. The van der Waals surface area contributed by atoms with E-state index >= 15 is 0 Å². The Morgan fingerprint density at radius 3 is 2.24 bits per heavy atom. The van der Waals surface area contributed by atoms with Crippen molar-refractivity contribution >= 4 is 5.69 Å². The molecule has 2 N–H and O–H groups in total. The lowest BCUT2D eigenvalue weighted by Crippen LogP contribution is -2.36. The van der Waals surface area contributed by atoms with Gasteiger partial charge in [-0.1, -0.05) is 12.1 Å². The Labute approximate surface area is 105 Å². The lowest BCUT2D eigenvalue weighted by atomic mass is 10.1. The summed E-state index contributed by atoms with van der Waals surface area (Å²) in [5, 5.41) is 0. The van der Waals surface area contributed by atoms with Crippen molar-refractivity contribution in [1.29, 1.82) is 0 Å². The molecule has 96 valence electrons. The van der Waals surface area contributed by atoms with Gasteiger partial charge in [0.25, 0.3) is 0 Å². The van der Waals surface area contributed by atoms with E-state index in [9.17, 15) is 0 Å². The normalized spacial score (nSPS) is 14.4. The van der Waals surface area contributed by atoms with Gasteiger partial charge in [0.2, 0.25) is 0 Å². The van der Waals surface area contributed by atoms with Gasteiger partial charge in [0.15, 0.2) is 0 Å². The van der Waals surface area contributed by atoms with Gasteiger partial charge in [-0.05, 0) is 38.5 Å². The fourth-order valence-electron chi connectivity index (χ4n) is 2.05. The number of methoxy groups -OCH3 is 1. The average molecular weight is 236 g/mol. The van der Waals surface area contributed by atoms with E-state index in [4.69, 9.17) is 10.5 Å². The summed E-state index contributed by atoms with van der Waals surface area (Å²) in [6.07, 6.45) is 0. The molecule has 1 aromatic rings. The van der Waals surface area contributed by atoms with Crippen LogP contribution in [0.15, 0.2) is 24.3 Å². The minimum Gasteiger partial charge on any atom is -0.383 e. The Morgan fingerprint density at radius 1 is 1.24 bits per heavy atom. The first-order valence-corrected chi connectivity index (χ1v) is 6.21. The maximum atomic E-state index is 5.85. The highest BCUT2D eigenvalue weighted by Gasteiger charge is 2.12. The molecule has 1 aromatic carbocycles. The summed E-state index contributed by atoms with van der Waals surface area (Å²) in [6.45, 7) is 8.04. The summed E-state index contributed by atoms with van der Waals surface area (Å²) in [5.74, 6) is 0. The number of anilines is 1. The molecule has 0 bridgehead atoms. The molecule has 0 radical (unpaired) electrons. The molecule has 17 heavy (non-hydrogen) atoms. The van der Waals surface area contributed by atoms with E-state index in [1.165, 1.54) is 11.3 Å². The Morgan fingerprint density at radius 2 is 1.82 bits per heavy atom. The Hall–Kier alpha value is -1.06. The molecule has 0 aromatic heterocycles. The molecule has 0 fully saturated rings. The van der Waals surface area contributed by atoms with Gasteiger partial charge >= 0.3 is 0 Å². The monoisotopic (exact) mass is 236 g/mol. The predicted molar refractivity (Wildman–Crippen MR) is 73.4 cm³/mol. The van der Waals surface area contributed by atoms with Gasteiger partial charge < -0.3 is 15.4 Å². The van der Waals surface area contributed by atoms with Gasteiger partial charge in [0, 0.05) is 31.4 Å². The van der Waals surface area contributed by atoms with Crippen LogP contribution in [-0.4, -0.2) is 26.3 Å². The number of benzene rings is 1. The van der Waals surface area contributed by atoms with Crippen LogP contribution in [0.4, 0.5) is 5.69 Å². The largest absolute Gasteiger partial charge is 0.383 e. The Balaban J connectivity index is 2.82. The second-order valence-corrected chi connectivity index (χ2v) is 4.47. The lowest BCUT2D eigenvalue weighted by molar-refractivity contribution is 0.182. The van der Waals surface area contributed by atoms with E-state index in [-0.39, 0.29) is 6.04 Å². The molecule has 0 aliphatic heterocycles. The van der Waals surface area contributed by atoms with Crippen LogP contribution in [0.3, 0.4) is 0 Å².